The van der Waals surface area contributed by atoms with Crippen molar-refractivity contribution in [2.45, 2.75) is 21.6 Å². The highest BCUT2D eigenvalue weighted by atomic mass is 32.2. The number of para-hydroxylation sites is 1. The molecule has 1 aliphatic rings. The SMILES string of the molecule is CCSc1ccc2c(c1)N(c1ccc(OC)cc1)c1ccccc1S2. The van der Waals surface area contributed by atoms with E-state index in [4.69, 9.17) is 4.74 Å². The molecule has 3 aromatic rings. The van der Waals surface area contributed by atoms with Crippen LogP contribution < -0.4 is 9.64 Å². The van der Waals surface area contributed by atoms with Crippen molar-refractivity contribution >= 4 is 40.6 Å². The standard InChI is InChI=1S/C21H19NOS2/c1-3-24-17-12-13-21-19(14-17)22(15-8-10-16(23-2)11-9-15)18-6-4-5-7-20(18)25-21/h4-14H,3H2,1-2H3. The highest BCUT2D eigenvalue weighted by Gasteiger charge is 2.24. The summed E-state index contributed by atoms with van der Waals surface area (Å²) >= 11 is 3.72. The third-order valence-corrected chi connectivity index (χ3v) is 6.15. The Morgan fingerprint density at radius 1 is 0.920 bits per heavy atom. The lowest BCUT2D eigenvalue weighted by atomic mass is 10.2. The van der Waals surface area contributed by atoms with Crippen molar-refractivity contribution in [3.8, 4) is 5.75 Å². The van der Waals surface area contributed by atoms with Gasteiger partial charge in [0.2, 0.25) is 0 Å². The topological polar surface area (TPSA) is 12.5 Å². The van der Waals surface area contributed by atoms with E-state index < -0.39 is 0 Å². The van der Waals surface area contributed by atoms with Crippen LogP contribution in [0, 0.1) is 0 Å². The van der Waals surface area contributed by atoms with Gasteiger partial charge in [0, 0.05) is 20.4 Å². The number of ether oxygens (including phenoxy) is 1. The summed E-state index contributed by atoms with van der Waals surface area (Å²) in [5.74, 6) is 1.95. The molecule has 1 aliphatic heterocycles. The number of fused-ring (bicyclic) bond motifs is 2. The Bertz CT molecular complexity index is 893. The molecule has 0 aliphatic carbocycles. The first kappa shape index (κ1) is 16.4. The molecule has 25 heavy (non-hydrogen) atoms. The molecule has 0 spiro atoms. The number of anilines is 3. The summed E-state index contributed by atoms with van der Waals surface area (Å²) < 4.78 is 5.32. The molecule has 0 unspecified atom stereocenters. The first-order valence-electron chi connectivity index (χ1n) is 8.28. The minimum atomic E-state index is 0.874. The second-order valence-electron chi connectivity index (χ2n) is 5.67. The van der Waals surface area contributed by atoms with Crippen molar-refractivity contribution in [2.24, 2.45) is 0 Å². The van der Waals surface area contributed by atoms with Crippen LogP contribution >= 0.6 is 23.5 Å². The average molecular weight is 366 g/mol. The van der Waals surface area contributed by atoms with E-state index in [1.165, 1.54) is 26.1 Å². The van der Waals surface area contributed by atoms with Crippen molar-refractivity contribution in [1.29, 1.82) is 0 Å². The number of nitrogens with zero attached hydrogens (tertiary/aromatic N) is 1. The van der Waals surface area contributed by atoms with E-state index in [0.29, 0.717) is 0 Å². The fraction of sp³-hybridized carbons (Fsp3) is 0.143. The van der Waals surface area contributed by atoms with Crippen molar-refractivity contribution in [3.05, 3.63) is 66.7 Å². The molecular weight excluding hydrogens is 346 g/mol. The lowest BCUT2D eigenvalue weighted by Crippen LogP contribution is -2.14. The molecular formula is C21H19NOS2. The van der Waals surface area contributed by atoms with Crippen molar-refractivity contribution < 1.29 is 4.74 Å². The summed E-state index contributed by atoms with van der Waals surface area (Å²) in [4.78, 5) is 6.22. The van der Waals surface area contributed by atoms with Crippen LogP contribution in [0.1, 0.15) is 6.92 Å². The van der Waals surface area contributed by atoms with Gasteiger partial charge in [-0.3, -0.25) is 0 Å². The van der Waals surface area contributed by atoms with E-state index in [9.17, 15) is 0 Å². The molecule has 0 saturated carbocycles. The monoisotopic (exact) mass is 365 g/mol. The Hall–Kier alpha value is -2.04. The molecule has 3 aromatic carbocycles. The van der Waals surface area contributed by atoms with Gasteiger partial charge in [0.05, 0.1) is 18.5 Å². The van der Waals surface area contributed by atoms with Gasteiger partial charge in [-0.2, -0.15) is 0 Å². The summed E-state index contributed by atoms with van der Waals surface area (Å²) in [7, 11) is 1.70. The fourth-order valence-electron chi connectivity index (χ4n) is 3.00. The Morgan fingerprint density at radius 2 is 1.68 bits per heavy atom. The van der Waals surface area contributed by atoms with Gasteiger partial charge in [0.15, 0.2) is 0 Å². The summed E-state index contributed by atoms with van der Waals surface area (Å²) in [6.45, 7) is 2.19. The number of thioether (sulfide) groups is 1. The van der Waals surface area contributed by atoms with E-state index in [2.05, 4.69) is 66.4 Å². The van der Waals surface area contributed by atoms with Crippen LogP contribution in [0.15, 0.2) is 81.4 Å². The zero-order valence-corrected chi connectivity index (χ0v) is 15.9. The Morgan fingerprint density at radius 3 is 2.44 bits per heavy atom. The van der Waals surface area contributed by atoms with E-state index in [-0.39, 0.29) is 0 Å². The second kappa shape index (κ2) is 7.06. The molecule has 0 radical (unpaired) electrons. The smallest absolute Gasteiger partial charge is 0.119 e. The second-order valence-corrected chi connectivity index (χ2v) is 8.09. The third-order valence-electron chi connectivity index (χ3n) is 4.14. The van der Waals surface area contributed by atoms with Crippen molar-refractivity contribution in [1.82, 2.24) is 0 Å². The summed E-state index contributed by atoms with van der Waals surface area (Å²) in [5, 5.41) is 0. The Labute approximate surface area is 157 Å². The minimum Gasteiger partial charge on any atom is -0.497 e. The maximum Gasteiger partial charge on any atom is 0.119 e. The number of hydrogen-bond donors (Lipinski definition) is 0. The Balaban J connectivity index is 1.87. The van der Waals surface area contributed by atoms with Crippen LogP contribution in [-0.4, -0.2) is 12.9 Å². The molecule has 2 nitrogen and oxygen atoms in total. The largest absolute Gasteiger partial charge is 0.497 e. The molecule has 0 bridgehead atoms. The van der Waals surface area contributed by atoms with E-state index >= 15 is 0 Å². The predicted molar refractivity (Wildman–Crippen MR) is 108 cm³/mol. The van der Waals surface area contributed by atoms with E-state index in [1.54, 1.807) is 7.11 Å². The molecule has 126 valence electrons. The number of benzene rings is 3. The maximum atomic E-state index is 5.32. The molecule has 0 amide bonds. The molecule has 0 saturated heterocycles. The van der Waals surface area contributed by atoms with Crippen molar-refractivity contribution in [3.63, 3.8) is 0 Å². The molecule has 0 N–H and O–H groups in total. The first-order valence-corrected chi connectivity index (χ1v) is 10.1. The molecule has 0 aromatic heterocycles. The van der Waals surface area contributed by atoms with Gasteiger partial charge in [-0.25, -0.2) is 0 Å². The van der Waals surface area contributed by atoms with Crippen LogP contribution in [0.2, 0.25) is 0 Å². The van der Waals surface area contributed by atoms with Gasteiger partial charge >= 0.3 is 0 Å². The van der Waals surface area contributed by atoms with Crippen LogP contribution in [0.5, 0.6) is 5.75 Å². The van der Waals surface area contributed by atoms with Crippen LogP contribution in [0.3, 0.4) is 0 Å². The van der Waals surface area contributed by atoms with Gasteiger partial charge < -0.3 is 9.64 Å². The van der Waals surface area contributed by atoms with Gasteiger partial charge in [0.1, 0.15) is 5.75 Å². The highest BCUT2D eigenvalue weighted by molar-refractivity contribution is 8.00. The van der Waals surface area contributed by atoms with Gasteiger partial charge in [0.25, 0.3) is 0 Å². The quantitative estimate of drug-likeness (QED) is 0.371. The predicted octanol–water partition coefficient (Wildman–Crippen LogP) is 6.74. The summed E-state index contributed by atoms with van der Waals surface area (Å²) in [6.07, 6.45) is 0. The van der Waals surface area contributed by atoms with Gasteiger partial charge in [-0.05, 0) is 60.4 Å². The Kier molecular flexibility index (Phi) is 4.64. The molecule has 1 heterocycles. The first-order chi connectivity index (χ1) is 12.3. The lowest BCUT2D eigenvalue weighted by Gasteiger charge is -2.33. The fourth-order valence-corrected chi connectivity index (χ4v) is 4.73. The number of hydrogen-bond acceptors (Lipinski definition) is 4. The summed E-state index contributed by atoms with van der Waals surface area (Å²) in [5.41, 5.74) is 3.62. The van der Waals surface area contributed by atoms with E-state index in [0.717, 1.165) is 17.2 Å². The normalized spacial score (nSPS) is 12.5. The van der Waals surface area contributed by atoms with Crippen molar-refractivity contribution in [2.75, 3.05) is 17.8 Å². The van der Waals surface area contributed by atoms with Gasteiger partial charge in [-0.15, -0.1) is 11.8 Å². The number of methoxy groups -OCH3 is 1. The highest BCUT2D eigenvalue weighted by Crippen LogP contribution is 2.52. The molecule has 4 heteroatoms. The maximum absolute atomic E-state index is 5.32. The summed E-state index contributed by atoms with van der Waals surface area (Å²) in [6, 6.07) is 23.6. The number of rotatable bonds is 4. The zero-order chi connectivity index (χ0) is 17.2. The molecule has 4 rings (SSSR count). The van der Waals surface area contributed by atoms with Gasteiger partial charge in [-0.1, -0.05) is 30.8 Å². The van der Waals surface area contributed by atoms with Crippen LogP contribution in [-0.2, 0) is 0 Å². The zero-order valence-electron chi connectivity index (χ0n) is 14.2. The van der Waals surface area contributed by atoms with Crippen LogP contribution in [0.25, 0.3) is 0 Å². The average Bonchev–Trinajstić information content (AvgIpc) is 2.66. The van der Waals surface area contributed by atoms with E-state index in [1.807, 2.05) is 35.7 Å². The van der Waals surface area contributed by atoms with Crippen LogP contribution in [0.4, 0.5) is 17.1 Å². The minimum absolute atomic E-state index is 0.874. The third kappa shape index (κ3) is 3.12. The molecule has 0 fully saturated rings. The molecule has 0 atom stereocenters. The lowest BCUT2D eigenvalue weighted by molar-refractivity contribution is 0.415.